The van der Waals surface area contributed by atoms with Crippen LogP contribution in [0, 0.1) is 0 Å². The first-order valence-electron chi connectivity index (χ1n) is 6.11. The van der Waals surface area contributed by atoms with Crippen molar-refractivity contribution in [2.45, 2.75) is 12.6 Å². The summed E-state index contributed by atoms with van der Waals surface area (Å²) < 4.78 is 1.99. The van der Waals surface area contributed by atoms with Gasteiger partial charge in [-0.15, -0.1) is 0 Å². The van der Waals surface area contributed by atoms with E-state index in [0.29, 0.717) is 6.54 Å². The lowest BCUT2D eigenvalue weighted by molar-refractivity contribution is 0.158. The number of nitrogens with zero attached hydrogens (tertiary/aromatic N) is 1. The van der Waals surface area contributed by atoms with Crippen LogP contribution in [0.1, 0.15) is 11.7 Å². The van der Waals surface area contributed by atoms with Crippen LogP contribution in [0.15, 0.2) is 67.0 Å². The van der Waals surface area contributed by atoms with Gasteiger partial charge in [-0.2, -0.15) is 0 Å². The molecule has 2 heteroatoms. The van der Waals surface area contributed by atoms with E-state index in [0.717, 1.165) is 10.9 Å². The van der Waals surface area contributed by atoms with E-state index in [2.05, 4.69) is 18.2 Å². The van der Waals surface area contributed by atoms with Crippen LogP contribution in [-0.4, -0.2) is 9.67 Å². The smallest absolute Gasteiger partial charge is 0.0974 e. The number of benzene rings is 2. The van der Waals surface area contributed by atoms with Crippen molar-refractivity contribution < 1.29 is 5.11 Å². The Bertz CT molecular complexity index is 638. The number of hydrogen-bond acceptors (Lipinski definition) is 1. The van der Waals surface area contributed by atoms with Crippen LogP contribution in [0.3, 0.4) is 0 Å². The molecule has 2 aromatic carbocycles. The molecule has 0 bridgehead atoms. The minimum atomic E-state index is -0.483. The van der Waals surface area contributed by atoms with Gasteiger partial charge in [-0.05, 0) is 28.5 Å². The number of aliphatic hydroxyl groups is 1. The summed E-state index contributed by atoms with van der Waals surface area (Å²) in [6, 6.07) is 18.2. The minimum Gasteiger partial charge on any atom is -0.387 e. The number of aliphatic hydroxyl groups excluding tert-OH is 1. The van der Waals surface area contributed by atoms with Crippen molar-refractivity contribution in [1.82, 2.24) is 4.57 Å². The summed E-state index contributed by atoms with van der Waals surface area (Å²) in [5, 5.41) is 12.7. The predicted molar refractivity (Wildman–Crippen MR) is 73.3 cm³/mol. The highest BCUT2D eigenvalue weighted by molar-refractivity contribution is 5.85. The Hall–Kier alpha value is -2.06. The number of rotatable bonds is 3. The van der Waals surface area contributed by atoms with Gasteiger partial charge in [-0.25, -0.2) is 0 Å². The summed E-state index contributed by atoms with van der Waals surface area (Å²) in [6.07, 6.45) is 3.45. The molecule has 2 nitrogen and oxygen atoms in total. The highest BCUT2D eigenvalue weighted by atomic mass is 16.3. The molecule has 0 aliphatic rings. The lowest BCUT2D eigenvalue weighted by Crippen LogP contribution is -2.07. The molecule has 0 aliphatic carbocycles. The van der Waals surface area contributed by atoms with Gasteiger partial charge in [-0.3, -0.25) is 0 Å². The van der Waals surface area contributed by atoms with Crippen molar-refractivity contribution in [3.8, 4) is 0 Å². The van der Waals surface area contributed by atoms with E-state index in [1.807, 2.05) is 53.4 Å². The summed E-state index contributed by atoms with van der Waals surface area (Å²) in [4.78, 5) is 0. The summed E-state index contributed by atoms with van der Waals surface area (Å²) >= 11 is 0. The third kappa shape index (κ3) is 2.03. The van der Waals surface area contributed by atoms with Crippen LogP contribution >= 0.6 is 0 Å². The Balaban J connectivity index is 1.98. The molecule has 0 saturated carbocycles. The van der Waals surface area contributed by atoms with Gasteiger partial charge < -0.3 is 9.67 Å². The van der Waals surface area contributed by atoms with E-state index in [1.54, 1.807) is 0 Å². The standard InChI is InChI=1S/C16H15NO/c18-16(12-17-10-3-4-11-17)15-9-5-7-13-6-1-2-8-14(13)15/h1-11,16,18H,12H2. The van der Waals surface area contributed by atoms with Gasteiger partial charge >= 0.3 is 0 Å². The van der Waals surface area contributed by atoms with Crippen LogP contribution in [0.4, 0.5) is 0 Å². The zero-order valence-electron chi connectivity index (χ0n) is 10.0. The molecule has 0 amide bonds. The van der Waals surface area contributed by atoms with E-state index in [-0.39, 0.29) is 0 Å². The summed E-state index contributed by atoms with van der Waals surface area (Å²) in [5.74, 6) is 0. The molecule has 1 N–H and O–H groups in total. The van der Waals surface area contributed by atoms with Gasteiger partial charge in [0.25, 0.3) is 0 Å². The van der Waals surface area contributed by atoms with Gasteiger partial charge in [0.2, 0.25) is 0 Å². The first-order valence-corrected chi connectivity index (χ1v) is 6.11. The molecule has 0 saturated heterocycles. The van der Waals surface area contributed by atoms with Crippen molar-refractivity contribution in [2.75, 3.05) is 0 Å². The SMILES string of the molecule is OC(Cn1cccc1)c1cccc2ccccc12. The van der Waals surface area contributed by atoms with Crippen LogP contribution < -0.4 is 0 Å². The monoisotopic (exact) mass is 237 g/mol. The quantitative estimate of drug-likeness (QED) is 0.742. The van der Waals surface area contributed by atoms with E-state index >= 15 is 0 Å². The molecule has 0 aliphatic heterocycles. The van der Waals surface area contributed by atoms with Crippen molar-refractivity contribution in [1.29, 1.82) is 0 Å². The largest absolute Gasteiger partial charge is 0.387 e. The van der Waals surface area contributed by atoms with Gasteiger partial charge in [0.05, 0.1) is 12.6 Å². The number of fused-ring (bicyclic) bond motifs is 1. The molecular weight excluding hydrogens is 222 g/mol. The second-order valence-corrected chi connectivity index (χ2v) is 4.46. The molecule has 90 valence electrons. The molecule has 3 rings (SSSR count). The molecule has 18 heavy (non-hydrogen) atoms. The predicted octanol–water partition coefficient (Wildman–Crippen LogP) is 3.37. The van der Waals surface area contributed by atoms with Crippen LogP contribution in [0.2, 0.25) is 0 Å². The van der Waals surface area contributed by atoms with Gasteiger partial charge in [0.1, 0.15) is 0 Å². The van der Waals surface area contributed by atoms with Crippen molar-refractivity contribution in [3.05, 3.63) is 72.6 Å². The maximum absolute atomic E-state index is 10.4. The Labute approximate surface area is 106 Å². The number of aromatic nitrogens is 1. The van der Waals surface area contributed by atoms with Crippen molar-refractivity contribution >= 4 is 10.8 Å². The lowest BCUT2D eigenvalue weighted by Gasteiger charge is -2.14. The average molecular weight is 237 g/mol. The van der Waals surface area contributed by atoms with Crippen molar-refractivity contribution in [2.24, 2.45) is 0 Å². The second kappa shape index (κ2) is 4.67. The highest BCUT2D eigenvalue weighted by Gasteiger charge is 2.10. The Morgan fingerprint density at radius 3 is 2.44 bits per heavy atom. The minimum absolute atomic E-state index is 0.483. The van der Waals surface area contributed by atoms with Crippen LogP contribution in [0.25, 0.3) is 10.8 Å². The molecule has 3 aromatic rings. The van der Waals surface area contributed by atoms with Gasteiger partial charge in [0.15, 0.2) is 0 Å². The fourth-order valence-corrected chi connectivity index (χ4v) is 2.33. The fourth-order valence-electron chi connectivity index (χ4n) is 2.33. The third-order valence-electron chi connectivity index (χ3n) is 3.23. The zero-order chi connectivity index (χ0) is 12.4. The molecule has 0 fully saturated rings. The average Bonchev–Trinajstić information content (AvgIpc) is 2.91. The molecule has 0 spiro atoms. The van der Waals surface area contributed by atoms with Crippen molar-refractivity contribution in [3.63, 3.8) is 0 Å². The maximum Gasteiger partial charge on any atom is 0.0974 e. The fraction of sp³-hybridized carbons (Fsp3) is 0.125. The number of hydrogen-bond donors (Lipinski definition) is 1. The first-order chi connectivity index (χ1) is 8.84. The topological polar surface area (TPSA) is 25.2 Å². The van der Waals surface area contributed by atoms with Gasteiger partial charge in [-0.1, -0.05) is 42.5 Å². The highest BCUT2D eigenvalue weighted by Crippen LogP contribution is 2.25. The maximum atomic E-state index is 10.4. The molecular formula is C16H15NO. The van der Waals surface area contributed by atoms with E-state index in [4.69, 9.17) is 0 Å². The Morgan fingerprint density at radius 2 is 1.61 bits per heavy atom. The van der Waals surface area contributed by atoms with Crippen LogP contribution in [0.5, 0.6) is 0 Å². The van der Waals surface area contributed by atoms with Crippen LogP contribution in [-0.2, 0) is 6.54 Å². The lowest BCUT2D eigenvalue weighted by atomic mass is 10.0. The normalized spacial score (nSPS) is 12.7. The first kappa shape index (κ1) is 11.1. The Morgan fingerprint density at radius 1 is 0.889 bits per heavy atom. The summed E-state index contributed by atoms with van der Waals surface area (Å²) in [6.45, 7) is 0.584. The molecule has 1 atom stereocenters. The zero-order valence-corrected chi connectivity index (χ0v) is 10.0. The van der Waals surface area contributed by atoms with Gasteiger partial charge in [0, 0.05) is 12.4 Å². The summed E-state index contributed by atoms with van der Waals surface area (Å²) in [5.41, 5.74) is 0.988. The molecule has 1 aromatic heterocycles. The molecule has 0 radical (unpaired) electrons. The van der Waals surface area contributed by atoms with E-state index in [9.17, 15) is 5.11 Å². The van der Waals surface area contributed by atoms with E-state index < -0.39 is 6.10 Å². The van der Waals surface area contributed by atoms with E-state index in [1.165, 1.54) is 5.39 Å². The second-order valence-electron chi connectivity index (χ2n) is 4.46. The molecule has 1 heterocycles. The Kier molecular flexibility index (Phi) is 2.87. The summed E-state index contributed by atoms with van der Waals surface area (Å²) in [7, 11) is 0. The molecule has 1 unspecified atom stereocenters. The third-order valence-corrected chi connectivity index (χ3v) is 3.23.